The van der Waals surface area contributed by atoms with Gasteiger partial charge in [0, 0.05) is 12.4 Å². The van der Waals surface area contributed by atoms with E-state index in [1.807, 2.05) is 18.5 Å². The van der Waals surface area contributed by atoms with Crippen LogP contribution in [-0.2, 0) is 12.8 Å². The molecule has 0 saturated carbocycles. The molecule has 1 aromatic heterocycles. The first-order chi connectivity index (χ1) is 12.8. The molecule has 0 aliphatic carbocycles. The number of nitrogens with one attached hydrogen (secondary N) is 2. The predicted molar refractivity (Wildman–Crippen MR) is 106 cm³/mol. The van der Waals surface area contributed by atoms with Crippen molar-refractivity contribution in [3.8, 4) is 11.5 Å². The lowest BCUT2D eigenvalue weighted by molar-refractivity contribution is 0.403. The van der Waals surface area contributed by atoms with Gasteiger partial charge in [-0.25, -0.2) is 0 Å². The van der Waals surface area contributed by atoms with Crippen LogP contribution >= 0.6 is 0 Å². The van der Waals surface area contributed by atoms with Gasteiger partial charge in [-0.1, -0.05) is 18.9 Å². The predicted octanol–water partition coefficient (Wildman–Crippen LogP) is 3.02. The van der Waals surface area contributed by atoms with E-state index in [2.05, 4.69) is 27.8 Å². The first-order valence-electron chi connectivity index (χ1n) is 9.57. The minimum Gasteiger partial charge on any atom is -0.504 e. The van der Waals surface area contributed by atoms with Crippen molar-refractivity contribution in [2.24, 2.45) is 0 Å². The summed E-state index contributed by atoms with van der Waals surface area (Å²) in [6.45, 7) is 4.03. The molecule has 0 spiro atoms. The lowest BCUT2D eigenvalue weighted by Gasteiger charge is -2.07. The molecule has 142 valence electrons. The van der Waals surface area contributed by atoms with Gasteiger partial charge in [-0.3, -0.25) is 4.98 Å². The van der Waals surface area contributed by atoms with Gasteiger partial charge in [-0.05, 0) is 87.3 Å². The lowest BCUT2D eigenvalue weighted by Crippen LogP contribution is -2.19. The normalized spacial score (nSPS) is 10.9. The molecule has 1 heterocycles. The molecule has 0 unspecified atom stereocenters. The van der Waals surface area contributed by atoms with E-state index in [9.17, 15) is 10.2 Å². The third-order valence-corrected chi connectivity index (χ3v) is 4.43. The van der Waals surface area contributed by atoms with Crippen LogP contribution in [0.15, 0.2) is 42.7 Å². The summed E-state index contributed by atoms with van der Waals surface area (Å²) in [5, 5.41) is 25.7. The van der Waals surface area contributed by atoms with Crippen LogP contribution in [0.3, 0.4) is 0 Å². The zero-order valence-electron chi connectivity index (χ0n) is 15.5. The molecule has 0 radical (unpaired) electrons. The molecule has 4 N–H and O–H groups in total. The van der Waals surface area contributed by atoms with E-state index in [1.165, 1.54) is 37.3 Å². The summed E-state index contributed by atoms with van der Waals surface area (Å²) in [4.78, 5) is 4.03. The lowest BCUT2D eigenvalue weighted by atomic mass is 10.1. The summed E-state index contributed by atoms with van der Waals surface area (Å²) in [6, 6.07) is 9.14. The maximum atomic E-state index is 9.46. The van der Waals surface area contributed by atoms with Gasteiger partial charge < -0.3 is 20.8 Å². The quantitative estimate of drug-likeness (QED) is 0.327. The van der Waals surface area contributed by atoms with E-state index in [-0.39, 0.29) is 11.5 Å². The molecule has 0 atom stereocenters. The zero-order valence-corrected chi connectivity index (χ0v) is 15.5. The number of benzene rings is 1. The first-order valence-corrected chi connectivity index (χ1v) is 9.57. The van der Waals surface area contributed by atoms with Crippen LogP contribution < -0.4 is 10.6 Å². The van der Waals surface area contributed by atoms with E-state index >= 15 is 0 Å². The summed E-state index contributed by atoms with van der Waals surface area (Å²) in [6.07, 6.45) is 10.5. The van der Waals surface area contributed by atoms with Crippen LogP contribution in [0.4, 0.5) is 0 Å². The number of hydrogen-bond acceptors (Lipinski definition) is 5. The Labute approximate surface area is 156 Å². The number of aromatic hydroxyl groups is 2. The Morgan fingerprint density at radius 2 is 1.27 bits per heavy atom. The molecule has 0 bridgehead atoms. The van der Waals surface area contributed by atoms with Crippen LogP contribution in [-0.4, -0.2) is 41.4 Å². The Kier molecular flexibility index (Phi) is 9.54. The van der Waals surface area contributed by atoms with Crippen molar-refractivity contribution in [2.45, 2.75) is 38.5 Å². The Morgan fingerprint density at radius 1 is 0.654 bits per heavy atom. The van der Waals surface area contributed by atoms with Crippen LogP contribution in [0.25, 0.3) is 0 Å². The van der Waals surface area contributed by atoms with Gasteiger partial charge >= 0.3 is 0 Å². The minimum absolute atomic E-state index is 0.0445. The van der Waals surface area contributed by atoms with Gasteiger partial charge in [0.25, 0.3) is 0 Å². The Balaban J connectivity index is 1.36. The molecule has 26 heavy (non-hydrogen) atoms. The highest BCUT2D eigenvalue weighted by atomic mass is 16.3. The molecule has 0 amide bonds. The standard InChI is InChI=1S/C21H31N3O2/c25-20-6-5-19(17-21(20)26)10-16-23-12-4-2-1-3-11-22-13-7-18-8-14-24-15-9-18/h5-6,8-9,14-15,17,22-23,25-26H,1-4,7,10-13,16H2. The highest BCUT2D eigenvalue weighted by Gasteiger charge is 2.00. The highest BCUT2D eigenvalue weighted by Crippen LogP contribution is 2.24. The van der Waals surface area contributed by atoms with Gasteiger partial charge in [0.05, 0.1) is 0 Å². The average Bonchev–Trinajstić information content (AvgIpc) is 2.66. The molecular formula is C21H31N3O2. The van der Waals surface area contributed by atoms with Crippen LogP contribution in [0, 0.1) is 0 Å². The number of phenolic OH excluding ortho intramolecular Hbond substituents is 2. The summed E-state index contributed by atoms with van der Waals surface area (Å²) in [7, 11) is 0. The number of rotatable bonds is 13. The average molecular weight is 357 g/mol. The third kappa shape index (κ3) is 8.32. The van der Waals surface area contributed by atoms with Crippen molar-refractivity contribution in [1.82, 2.24) is 15.6 Å². The second-order valence-corrected chi connectivity index (χ2v) is 6.59. The van der Waals surface area contributed by atoms with Crippen LogP contribution in [0.1, 0.15) is 36.8 Å². The second-order valence-electron chi connectivity index (χ2n) is 6.59. The monoisotopic (exact) mass is 357 g/mol. The van der Waals surface area contributed by atoms with E-state index in [1.54, 1.807) is 6.07 Å². The molecule has 5 nitrogen and oxygen atoms in total. The fourth-order valence-corrected chi connectivity index (χ4v) is 2.84. The van der Waals surface area contributed by atoms with Crippen LogP contribution in [0.5, 0.6) is 11.5 Å². The summed E-state index contributed by atoms with van der Waals surface area (Å²) < 4.78 is 0. The number of nitrogens with zero attached hydrogens (tertiary/aromatic N) is 1. The number of hydrogen-bond donors (Lipinski definition) is 4. The number of phenols is 2. The van der Waals surface area contributed by atoms with Crippen molar-refractivity contribution in [3.63, 3.8) is 0 Å². The van der Waals surface area contributed by atoms with Crippen molar-refractivity contribution >= 4 is 0 Å². The SMILES string of the molecule is Oc1ccc(CCNCCCCCCNCCc2ccncc2)cc1O. The molecule has 0 fully saturated rings. The fourth-order valence-electron chi connectivity index (χ4n) is 2.84. The van der Waals surface area contributed by atoms with Gasteiger partial charge in [-0.2, -0.15) is 0 Å². The van der Waals surface area contributed by atoms with Crippen molar-refractivity contribution < 1.29 is 10.2 Å². The molecular weight excluding hydrogens is 326 g/mol. The van der Waals surface area contributed by atoms with E-state index < -0.39 is 0 Å². The zero-order chi connectivity index (χ0) is 18.5. The van der Waals surface area contributed by atoms with Crippen molar-refractivity contribution in [1.29, 1.82) is 0 Å². The Bertz CT molecular complexity index is 620. The third-order valence-electron chi connectivity index (χ3n) is 4.43. The molecule has 5 heteroatoms. The summed E-state index contributed by atoms with van der Waals surface area (Å²) >= 11 is 0. The number of aromatic nitrogens is 1. The van der Waals surface area contributed by atoms with Crippen molar-refractivity contribution in [3.05, 3.63) is 53.9 Å². The van der Waals surface area contributed by atoms with E-state index in [0.717, 1.165) is 44.6 Å². The fraction of sp³-hybridized carbons (Fsp3) is 0.476. The molecule has 0 aliphatic rings. The van der Waals surface area contributed by atoms with Crippen molar-refractivity contribution in [2.75, 3.05) is 26.2 Å². The summed E-state index contributed by atoms with van der Waals surface area (Å²) in [5.74, 6) is -0.106. The maximum Gasteiger partial charge on any atom is 0.157 e. The smallest absolute Gasteiger partial charge is 0.157 e. The van der Waals surface area contributed by atoms with Gasteiger partial charge in [0.1, 0.15) is 0 Å². The van der Waals surface area contributed by atoms with Gasteiger partial charge in [0.15, 0.2) is 11.5 Å². The highest BCUT2D eigenvalue weighted by molar-refractivity contribution is 5.40. The van der Waals surface area contributed by atoms with E-state index in [4.69, 9.17) is 0 Å². The topological polar surface area (TPSA) is 77.4 Å². The minimum atomic E-state index is -0.0615. The first kappa shape index (κ1) is 20.2. The number of pyridine rings is 1. The Hall–Kier alpha value is -2.11. The molecule has 2 aromatic rings. The molecule has 0 saturated heterocycles. The molecule has 0 aliphatic heterocycles. The Morgan fingerprint density at radius 3 is 1.88 bits per heavy atom. The maximum absolute atomic E-state index is 9.46. The second kappa shape index (κ2) is 12.3. The number of unbranched alkanes of at least 4 members (excludes halogenated alkanes) is 3. The van der Waals surface area contributed by atoms with E-state index in [0.29, 0.717) is 0 Å². The van der Waals surface area contributed by atoms with Gasteiger partial charge in [-0.15, -0.1) is 0 Å². The molecule has 1 aromatic carbocycles. The van der Waals surface area contributed by atoms with Crippen LogP contribution in [0.2, 0.25) is 0 Å². The summed E-state index contributed by atoms with van der Waals surface area (Å²) in [5.41, 5.74) is 2.37. The largest absolute Gasteiger partial charge is 0.504 e. The van der Waals surface area contributed by atoms with Gasteiger partial charge in [0.2, 0.25) is 0 Å². The molecule has 2 rings (SSSR count).